The van der Waals surface area contributed by atoms with Crippen LogP contribution in [-0.2, 0) is 26.5 Å². The maximum Gasteiger partial charge on any atom is 0.239 e. The molecular weight excluding hydrogens is 532 g/mol. The second kappa shape index (κ2) is 11.3. The first-order valence-corrected chi connectivity index (χ1v) is 13.8. The SMILES string of the molecule is COCC(COC)n1c(NS(=O)(=O)C(C)C(C)c2ncc(Cl)cn2)nnc1-c1nn(C)c2ccc(C)cc12. The third kappa shape index (κ3) is 5.51. The van der Waals surface area contributed by atoms with Gasteiger partial charge in [-0.25, -0.2) is 18.4 Å². The molecule has 0 saturated carbocycles. The van der Waals surface area contributed by atoms with Gasteiger partial charge in [0.2, 0.25) is 16.0 Å². The first kappa shape index (κ1) is 27.9. The van der Waals surface area contributed by atoms with Crippen molar-refractivity contribution in [2.75, 3.05) is 32.2 Å². The lowest BCUT2D eigenvalue weighted by atomic mass is 10.1. The molecule has 0 saturated heterocycles. The first-order chi connectivity index (χ1) is 18.1. The summed E-state index contributed by atoms with van der Waals surface area (Å²) in [6, 6.07) is 5.55. The van der Waals surface area contributed by atoms with Crippen LogP contribution in [0.1, 0.15) is 37.2 Å². The maximum absolute atomic E-state index is 13.5. The molecule has 12 nitrogen and oxygen atoms in total. The van der Waals surface area contributed by atoms with Crippen LogP contribution in [0.3, 0.4) is 0 Å². The summed E-state index contributed by atoms with van der Waals surface area (Å²) in [7, 11) is 1.00. The van der Waals surface area contributed by atoms with Gasteiger partial charge in [-0.2, -0.15) is 5.10 Å². The minimum absolute atomic E-state index is 0.0293. The largest absolute Gasteiger partial charge is 0.382 e. The molecule has 3 aromatic heterocycles. The number of aromatic nitrogens is 7. The molecule has 204 valence electrons. The fourth-order valence-electron chi connectivity index (χ4n) is 4.25. The summed E-state index contributed by atoms with van der Waals surface area (Å²) < 4.78 is 44.0. The first-order valence-electron chi connectivity index (χ1n) is 11.9. The minimum Gasteiger partial charge on any atom is -0.382 e. The molecule has 0 radical (unpaired) electrons. The Morgan fingerprint density at radius 1 is 1.08 bits per heavy atom. The number of anilines is 1. The molecule has 4 rings (SSSR count). The Morgan fingerprint density at radius 3 is 2.37 bits per heavy atom. The van der Waals surface area contributed by atoms with Gasteiger partial charge in [0.15, 0.2) is 5.82 Å². The molecule has 2 atom stereocenters. The summed E-state index contributed by atoms with van der Waals surface area (Å²) >= 11 is 5.89. The van der Waals surface area contributed by atoms with Gasteiger partial charge >= 0.3 is 0 Å². The fourth-order valence-corrected chi connectivity index (χ4v) is 5.59. The number of fused-ring (bicyclic) bond motifs is 1. The molecule has 1 aromatic carbocycles. The van der Waals surface area contributed by atoms with Crippen molar-refractivity contribution in [1.29, 1.82) is 0 Å². The van der Waals surface area contributed by atoms with Crippen LogP contribution in [-0.4, -0.2) is 75.6 Å². The van der Waals surface area contributed by atoms with Crippen molar-refractivity contribution in [2.45, 2.75) is 38.0 Å². The van der Waals surface area contributed by atoms with E-state index in [1.54, 1.807) is 37.3 Å². The highest BCUT2D eigenvalue weighted by atomic mass is 35.5. The van der Waals surface area contributed by atoms with E-state index in [9.17, 15) is 8.42 Å². The van der Waals surface area contributed by atoms with Crippen molar-refractivity contribution in [2.24, 2.45) is 7.05 Å². The standard InChI is InChI=1S/C24H31ClN8O4S/c1-14-7-8-20-19(9-14)21(30-32(20)4)23-28-29-24(33(23)18(12-36-5)13-37-6)31-38(34,35)16(3)15(2)22-26-10-17(25)11-27-22/h7-11,15-16,18H,12-13H2,1-6H3,(H,29,31). The maximum atomic E-state index is 13.5. The molecular formula is C24H31ClN8O4S. The molecule has 0 aliphatic rings. The number of nitrogens with zero attached hydrogens (tertiary/aromatic N) is 7. The van der Waals surface area contributed by atoms with Crippen LogP contribution in [0.15, 0.2) is 30.6 Å². The van der Waals surface area contributed by atoms with E-state index in [2.05, 4.69) is 24.9 Å². The van der Waals surface area contributed by atoms with Gasteiger partial charge in [0.1, 0.15) is 11.5 Å². The highest BCUT2D eigenvalue weighted by Gasteiger charge is 2.33. The number of sulfonamides is 1. The van der Waals surface area contributed by atoms with Crippen molar-refractivity contribution in [3.63, 3.8) is 0 Å². The lowest BCUT2D eigenvalue weighted by Crippen LogP contribution is -2.32. The number of halogens is 1. The summed E-state index contributed by atoms with van der Waals surface area (Å²) in [4.78, 5) is 8.37. The monoisotopic (exact) mass is 562 g/mol. The van der Waals surface area contributed by atoms with Crippen LogP contribution < -0.4 is 4.72 Å². The van der Waals surface area contributed by atoms with Crippen LogP contribution in [0.2, 0.25) is 5.02 Å². The Hall–Kier alpha value is -3.13. The molecule has 0 aliphatic heterocycles. The lowest BCUT2D eigenvalue weighted by Gasteiger charge is -2.23. The van der Waals surface area contributed by atoms with Crippen molar-refractivity contribution >= 4 is 38.5 Å². The zero-order chi connectivity index (χ0) is 27.6. The van der Waals surface area contributed by atoms with E-state index < -0.39 is 27.2 Å². The molecule has 14 heteroatoms. The Kier molecular flexibility index (Phi) is 8.31. The van der Waals surface area contributed by atoms with Crippen molar-refractivity contribution in [3.05, 3.63) is 47.0 Å². The quantitative estimate of drug-likeness (QED) is 0.291. The third-order valence-electron chi connectivity index (χ3n) is 6.47. The Bertz CT molecular complexity index is 1510. The van der Waals surface area contributed by atoms with Gasteiger partial charge in [-0.15, -0.1) is 10.2 Å². The minimum atomic E-state index is -3.96. The van der Waals surface area contributed by atoms with Gasteiger partial charge in [-0.3, -0.25) is 14.0 Å². The summed E-state index contributed by atoms with van der Waals surface area (Å²) in [6.45, 7) is 5.77. The number of ether oxygens (including phenoxy) is 2. The van der Waals surface area contributed by atoms with Gasteiger partial charge in [0.05, 0.1) is 35.0 Å². The molecule has 0 fully saturated rings. The van der Waals surface area contributed by atoms with Gasteiger partial charge in [0.25, 0.3) is 0 Å². The fraction of sp³-hybridized carbons (Fsp3) is 0.458. The molecule has 0 spiro atoms. The van der Waals surface area contributed by atoms with E-state index >= 15 is 0 Å². The van der Waals surface area contributed by atoms with E-state index in [1.165, 1.54) is 12.4 Å². The predicted molar refractivity (Wildman–Crippen MR) is 145 cm³/mol. The van der Waals surface area contributed by atoms with Crippen LogP contribution in [0, 0.1) is 6.92 Å². The van der Waals surface area contributed by atoms with Gasteiger partial charge in [-0.05, 0) is 26.0 Å². The second-order valence-corrected chi connectivity index (χ2v) is 11.6. The molecule has 0 amide bonds. The molecule has 4 aromatic rings. The average Bonchev–Trinajstić information content (AvgIpc) is 3.43. The summed E-state index contributed by atoms with van der Waals surface area (Å²) in [5, 5.41) is 13.6. The predicted octanol–water partition coefficient (Wildman–Crippen LogP) is 3.35. The van der Waals surface area contributed by atoms with Gasteiger partial charge in [0, 0.05) is 45.0 Å². The Labute approximate surface area is 226 Å². The number of rotatable bonds is 11. The number of benzene rings is 1. The van der Waals surface area contributed by atoms with Crippen molar-refractivity contribution in [3.8, 4) is 11.5 Å². The van der Waals surface area contributed by atoms with Crippen molar-refractivity contribution < 1.29 is 17.9 Å². The number of hydrogen-bond acceptors (Lipinski definition) is 9. The summed E-state index contributed by atoms with van der Waals surface area (Å²) in [5.74, 6) is 0.250. The second-order valence-electron chi connectivity index (χ2n) is 9.17. The normalized spacial score (nSPS) is 13.8. The highest BCUT2D eigenvalue weighted by Crippen LogP contribution is 2.32. The van der Waals surface area contributed by atoms with E-state index in [0.29, 0.717) is 22.4 Å². The number of aryl methyl sites for hydroxylation is 2. The summed E-state index contributed by atoms with van der Waals surface area (Å²) in [5.41, 5.74) is 2.52. The average molecular weight is 563 g/mol. The Balaban J connectivity index is 1.79. The van der Waals surface area contributed by atoms with E-state index in [-0.39, 0.29) is 19.2 Å². The molecule has 38 heavy (non-hydrogen) atoms. The van der Waals surface area contributed by atoms with Crippen LogP contribution in [0.4, 0.5) is 5.95 Å². The third-order valence-corrected chi connectivity index (χ3v) is 8.52. The number of nitrogens with one attached hydrogen (secondary N) is 1. The zero-order valence-electron chi connectivity index (χ0n) is 22.1. The molecule has 0 bridgehead atoms. The van der Waals surface area contributed by atoms with Crippen LogP contribution in [0.5, 0.6) is 0 Å². The van der Waals surface area contributed by atoms with Crippen LogP contribution >= 0.6 is 11.6 Å². The van der Waals surface area contributed by atoms with Crippen LogP contribution in [0.25, 0.3) is 22.4 Å². The van der Waals surface area contributed by atoms with Gasteiger partial charge in [-0.1, -0.05) is 30.2 Å². The van der Waals surface area contributed by atoms with Gasteiger partial charge < -0.3 is 9.47 Å². The number of hydrogen-bond donors (Lipinski definition) is 1. The highest BCUT2D eigenvalue weighted by molar-refractivity contribution is 7.93. The lowest BCUT2D eigenvalue weighted by molar-refractivity contribution is 0.0908. The Morgan fingerprint density at radius 2 is 1.74 bits per heavy atom. The van der Waals surface area contributed by atoms with E-state index in [0.717, 1.165) is 16.5 Å². The summed E-state index contributed by atoms with van der Waals surface area (Å²) in [6.07, 6.45) is 2.88. The topological polar surface area (TPSA) is 139 Å². The molecule has 3 heterocycles. The smallest absolute Gasteiger partial charge is 0.239 e. The molecule has 1 N–H and O–H groups in total. The van der Waals surface area contributed by atoms with E-state index in [4.69, 9.17) is 26.2 Å². The molecule has 2 unspecified atom stereocenters. The number of methoxy groups -OCH3 is 2. The van der Waals surface area contributed by atoms with E-state index in [1.807, 2.05) is 32.2 Å². The zero-order valence-corrected chi connectivity index (χ0v) is 23.7. The molecule has 0 aliphatic carbocycles. The van der Waals surface area contributed by atoms with Crippen molar-refractivity contribution in [1.82, 2.24) is 34.5 Å².